The first kappa shape index (κ1) is 21.4. The first-order valence-corrected chi connectivity index (χ1v) is 11.2. The first-order chi connectivity index (χ1) is 14.4. The molecule has 0 bridgehead atoms. The number of aliphatic hydroxyl groups excluding tert-OH is 1. The number of hydrogen-bond donors (Lipinski definition) is 1. The summed E-state index contributed by atoms with van der Waals surface area (Å²) in [5.74, 6) is -0.836. The van der Waals surface area contributed by atoms with Crippen molar-refractivity contribution in [3.63, 3.8) is 0 Å². The van der Waals surface area contributed by atoms with Gasteiger partial charge in [-0.1, -0.05) is 29.0 Å². The van der Waals surface area contributed by atoms with Crippen LogP contribution >= 0.6 is 22.9 Å². The van der Waals surface area contributed by atoms with E-state index in [1.807, 2.05) is 18.2 Å². The maximum atomic E-state index is 13.9. The number of thiazole rings is 1. The van der Waals surface area contributed by atoms with Gasteiger partial charge in [0.2, 0.25) is 0 Å². The second-order valence-electron chi connectivity index (χ2n) is 7.76. The minimum Gasteiger partial charge on any atom is -0.387 e. The van der Waals surface area contributed by atoms with Gasteiger partial charge in [-0.15, -0.1) is 0 Å². The van der Waals surface area contributed by atoms with Gasteiger partial charge in [0.25, 0.3) is 0 Å². The summed E-state index contributed by atoms with van der Waals surface area (Å²) in [6.45, 7) is 2.89. The van der Waals surface area contributed by atoms with Gasteiger partial charge in [0.15, 0.2) is 4.80 Å². The van der Waals surface area contributed by atoms with Crippen molar-refractivity contribution in [3.05, 3.63) is 63.4 Å². The molecule has 0 amide bonds. The van der Waals surface area contributed by atoms with Gasteiger partial charge in [-0.25, -0.2) is 8.78 Å². The van der Waals surface area contributed by atoms with Crippen LogP contribution in [-0.2, 0) is 6.54 Å². The molecule has 1 fully saturated rings. The fraction of sp³-hybridized carbons (Fsp3) is 0.409. The van der Waals surface area contributed by atoms with Crippen LogP contribution in [0.15, 0.2) is 41.4 Å². The van der Waals surface area contributed by atoms with Gasteiger partial charge in [0.1, 0.15) is 11.6 Å². The fourth-order valence-electron chi connectivity index (χ4n) is 4.12. The van der Waals surface area contributed by atoms with E-state index in [4.69, 9.17) is 11.6 Å². The molecular weight excluding hydrogens is 428 g/mol. The lowest BCUT2D eigenvalue weighted by Gasteiger charge is -2.33. The molecule has 1 aliphatic rings. The molecule has 0 radical (unpaired) electrons. The van der Waals surface area contributed by atoms with Crippen LogP contribution in [0.1, 0.15) is 24.5 Å². The molecule has 1 aliphatic heterocycles. The predicted molar refractivity (Wildman–Crippen MR) is 117 cm³/mol. The summed E-state index contributed by atoms with van der Waals surface area (Å²) in [6, 6.07) is 9.25. The quantitative estimate of drug-likeness (QED) is 0.615. The van der Waals surface area contributed by atoms with Crippen molar-refractivity contribution in [3.8, 4) is 0 Å². The highest BCUT2D eigenvalue weighted by atomic mass is 35.5. The van der Waals surface area contributed by atoms with E-state index in [0.29, 0.717) is 12.5 Å². The third-order valence-corrected chi connectivity index (χ3v) is 7.10. The van der Waals surface area contributed by atoms with Crippen molar-refractivity contribution in [2.45, 2.75) is 25.5 Å². The third kappa shape index (κ3) is 4.59. The number of β-amino-alcohol motifs (C(OH)–C–C–N with tert-alkyl or cyclic N) is 1. The second kappa shape index (κ2) is 9.14. The summed E-state index contributed by atoms with van der Waals surface area (Å²) in [5.41, 5.74) is 1.29. The molecule has 2 aromatic carbocycles. The highest BCUT2D eigenvalue weighted by molar-refractivity contribution is 7.16. The van der Waals surface area contributed by atoms with Crippen LogP contribution in [0.2, 0.25) is 5.02 Å². The third-order valence-electron chi connectivity index (χ3n) is 5.74. The smallest absolute Gasteiger partial charge is 0.185 e. The van der Waals surface area contributed by atoms with Crippen LogP contribution in [0.3, 0.4) is 0 Å². The molecule has 0 saturated carbocycles. The minimum absolute atomic E-state index is 0.145. The van der Waals surface area contributed by atoms with Crippen LogP contribution in [0.25, 0.3) is 10.2 Å². The number of benzene rings is 2. The predicted octanol–water partition coefficient (Wildman–Crippen LogP) is 4.61. The van der Waals surface area contributed by atoms with E-state index in [1.54, 1.807) is 18.4 Å². The molecule has 30 heavy (non-hydrogen) atoms. The molecule has 1 aromatic heterocycles. The maximum Gasteiger partial charge on any atom is 0.185 e. The van der Waals surface area contributed by atoms with E-state index in [0.717, 1.165) is 58.6 Å². The molecule has 160 valence electrons. The first-order valence-electron chi connectivity index (χ1n) is 10.0. The Hall–Kier alpha value is -1.80. The summed E-state index contributed by atoms with van der Waals surface area (Å²) < 4.78 is 30.4. The van der Waals surface area contributed by atoms with Crippen LogP contribution in [0.5, 0.6) is 0 Å². The summed E-state index contributed by atoms with van der Waals surface area (Å²) in [6.07, 6.45) is 1.01. The number of fused-ring (bicyclic) bond motifs is 1. The maximum absolute atomic E-state index is 13.9. The highest BCUT2D eigenvalue weighted by Gasteiger charge is 2.24. The Bertz CT molecular complexity index is 1110. The van der Waals surface area contributed by atoms with Gasteiger partial charge in [-0.05, 0) is 56.1 Å². The van der Waals surface area contributed by atoms with Crippen LogP contribution < -0.4 is 4.80 Å². The van der Waals surface area contributed by atoms with Crippen molar-refractivity contribution in [1.29, 1.82) is 0 Å². The largest absolute Gasteiger partial charge is 0.387 e. The number of rotatable bonds is 5. The average Bonchev–Trinajstić information content (AvgIpc) is 3.05. The Morgan fingerprint density at radius 3 is 2.67 bits per heavy atom. The standard InChI is InChI=1S/C22H24ClF2N3OS/c1-26-22-28(19-5-2-15(23)10-21(19)30-22)12-14-6-8-27(9-7-14)13-20(29)17-4-3-16(24)11-18(17)25/h2-5,10-11,14,20,29H,6-9,12-13H2,1H3. The monoisotopic (exact) mass is 451 g/mol. The summed E-state index contributed by atoms with van der Waals surface area (Å²) >= 11 is 7.78. The molecule has 4 rings (SSSR count). The highest BCUT2D eigenvalue weighted by Crippen LogP contribution is 2.26. The average molecular weight is 452 g/mol. The number of halogens is 3. The molecule has 0 spiro atoms. The van der Waals surface area contributed by atoms with Gasteiger partial charge < -0.3 is 14.6 Å². The van der Waals surface area contributed by atoms with Gasteiger partial charge >= 0.3 is 0 Å². The molecule has 1 unspecified atom stereocenters. The van der Waals surface area contributed by atoms with E-state index in [9.17, 15) is 13.9 Å². The number of likely N-dealkylation sites (tertiary alicyclic amines) is 1. The molecule has 4 nitrogen and oxygen atoms in total. The minimum atomic E-state index is -0.965. The van der Waals surface area contributed by atoms with Crippen LogP contribution in [0, 0.1) is 17.6 Å². The Labute approximate surface area is 183 Å². The molecular formula is C22H24ClF2N3OS. The number of aliphatic hydroxyl groups is 1. The number of aromatic nitrogens is 1. The summed E-state index contributed by atoms with van der Waals surface area (Å²) in [7, 11) is 1.81. The van der Waals surface area contributed by atoms with Crippen molar-refractivity contribution in [1.82, 2.24) is 9.47 Å². The number of hydrogen-bond acceptors (Lipinski definition) is 4. The van der Waals surface area contributed by atoms with E-state index in [1.165, 1.54) is 12.1 Å². The molecule has 1 N–H and O–H groups in total. The Morgan fingerprint density at radius 2 is 1.97 bits per heavy atom. The van der Waals surface area contributed by atoms with Crippen molar-refractivity contribution >= 4 is 33.2 Å². The Kier molecular flexibility index (Phi) is 6.53. The Morgan fingerprint density at radius 1 is 1.20 bits per heavy atom. The summed E-state index contributed by atoms with van der Waals surface area (Å²) in [5, 5.41) is 11.1. The molecule has 1 atom stereocenters. The topological polar surface area (TPSA) is 40.8 Å². The van der Waals surface area contributed by atoms with Gasteiger partial charge in [-0.2, -0.15) is 0 Å². The SMILES string of the molecule is CN=c1sc2cc(Cl)ccc2n1CC1CCN(CC(O)c2ccc(F)cc2F)CC1. The normalized spacial score (nSPS) is 17.7. The van der Waals surface area contributed by atoms with Gasteiger partial charge in [-0.3, -0.25) is 4.99 Å². The lowest BCUT2D eigenvalue weighted by atomic mass is 9.96. The Balaban J connectivity index is 1.39. The van der Waals surface area contributed by atoms with E-state index < -0.39 is 17.7 Å². The van der Waals surface area contributed by atoms with Crippen LogP contribution in [0.4, 0.5) is 8.78 Å². The fourth-order valence-corrected chi connectivity index (χ4v) is 5.39. The van der Waals surface area contributed by atoms with E-state index in [2.05, 4.69) is 14.5 Å². The van der Waals surface area contributed by atoms with E-state index >= 15 is 0 Å². The lowest BCUT2D eigenvalue weighted by Crippen LogP contribution is -2.38. The van der Waals surface area contributed by atoms with Crippen molar-refractivity contribution in [2.75, 3.05) is 26.7 Å². The lowest BCUT2D eigenvalue weighted by molar-refractivity contribution is 0.0845. The van der Waals surface area contributed by atoms with Crippen molar-refractivity contribution < 1.29 is 13.9 Å². The molecule has 1 saturated heterocycles. The van der Waals surface area contributed by atoms with E-state index in [-0.39, 0.29) is 5.56 Å². The zero-order chi connectivity index (χ0) is 21.3. The second-order valence-corrected chi connectivity index (χ2v) is 9.20. The number of nitrogens with zero attached hydrogens (tertiary/aromatic N) is 3. The molecule has 8 heteroatoms. The van der Waals surface area contributed by atoms with Gasteiger partial charge in [0.05, 0.1) is 16.3 Å². The summed E-state index contributed by atoms with van der Waals surface area (Å²) in [4.78, 5) is 7.57. The zero-order valence-electron chi connectivity index (χ0n) is 16.7. The zero-order valence-corrected chi connectivity index (χ0v) is 18.3. The molecule has 2 heterocycles. The molecule has 0 aliphatic carbocycles. The van der Waals surface area contributed by atoms with Crippen molar-refractivity contribution in [2.24, 2.45) is 10.9 Å². The van der Waals surface area contributed by atoms with Crippen LogP contribution in [-0.4, -0.2) is 41.3 Å². The number of piperidine rings is 1. The molecule has 3 aromatic rings. The van der Waals surface area contributed by atoms with Gasteiger partial charge in [0, 0.05) is 36.8 Å².